The third-order valence-corrected chi connectivity index (χ3v) is 5.43. The molecule has 1 heterocycles. The average Bonchev–Trinajstić information content (AvgIpc) is 2.88. The Balaban J connectivity index is 1.82. The Hall–Kier alpha value is -2.15. The second-order valence-electron chi connectivity index (χ2n) is 5.68. The molecule has 0 unspecified atom stereocenters. The molecule has 2 aromatic rings. The summed E-state index contributed by atoms with van der Waals surface area (Å²) in [7, 11) is 0. The van der Waals surface area contributed by atoms with E-state index in [0.717, 1.165) is 16.7 Å². The van der Waals surface area contributed by atoms with E-state index in [1.54, 1.807) is 43.3 Å². The van der Waals surface area contributed by atoms with E-state index in [9.17, 15) is 14.7 Å². The Morgan fingerprint density at radius 2 is 1.93 bits per heavy atom. The van der Waals surface area contributed by atoms with Crippen molar-refractivity contribution >= 4 is 52.2 Å². The molecule has 0 aromatic heterocycles. The van der Waals surface area contributed by atoms with Crippen molar-refractivity contribution < 1.29 is 19.4 Å². The quantitative estimate of drug-likeness (QED) is 0.657. The van der Waals surface area contributed by atoms with E-state index < -0.39 is 0 Å². The van der Waals surface area contributed by atoms with Crippen LogP contribution in [0.25, 0.3) is 6.08 Å². The Morgan fingerprint density at radius 3 is 2.63 bits per heavy atom. The van der Waals surface area contributed by atoms with Crippen LogP contribution in [-0.4, -0.2) is 27.8 Å². The van der Waals surface area contributed by atoms with Gasteiger partial charge in [0, 0.05) is 0 Å². The first kappa shape index (κ1) is 19.6. The van der Waals surface area contributed by atoms with Crippen LogP contribution in [0.3, 0.4) is 0 Å². The van der Waals surface area contributed by atoms with Gasteiger partial charge < -0.3 is 9.84 Å². The fourth-order valence-corrected chi connectivity index (χ4v) is 3.66. The maximum absolute atomic E-state index is 12.6. The maximum atomic E-state index is 12.6. The van der Waals surface area contributed by atoms with E-state index in [1.807, 2.05) is 0 Å². The van der Waals surface area contributed by atoms with Gasteiger partial charge in [-0.25, -0.2) is 0 Å². The molecule has 1 fully saturated rings. The highest BCUT2D eigenvalue weighted by molar-refractivity contribution is 8.18. The molecular formula is C19H15Cl2NO4S. The molecule has 0 atom stereocenters. The number of benzene rings is 2. The van der Waals surface area contributed by atoms with Gasteiger partial charge in [0.2, 0.25) is 0 Å². The number of carbonyl (C=O) groups excluding carboxylic acids is 2. The van der Waals surface area contributed by atoms with E-state index in [-0.39, 0.29) is 23.4 Å². The highest BCUT2D eigenvalue weighted by atomic mass is 35.5. The molecule has 2 amide bonds. The standard InChI is InChI=1S/C19H15Cl2NO4S/c1-2-26-16-8-11(4-6-15(16)23)9-17-18(24)22(19(25)27-17)10-12-3-5-13(20)14(21)7-12/h3-9,23H,2,10H2,1H3. The summed E-state index contributed by atoms with van der Waals surface area (Å²) in [6.45, 7) is 2.32. The lowest BCUT2D eigenvalue weighted by molar-refractivity contribution is -0.123. The summed E-state index contributed by atoms with van der Waals surface area (Å²) in [5, 5.41) is 10.2. The molecule has 2 aromatic carbocycles. The lowest BCUT2D eigenvalue weighted by Crippen LogP contribution is -2.27. The normalized spacial score (nSPS) is 15.7. The summed E-state index contributed by atoms with van der Waals surface area (Å²) in [6.07, 6.45) is 1.60. The zero-order valence-corrected chi connectivity index (χ0v) is 16.6. The number of phenols is 1. The highest BCUT2D eigenvalue weighted by Crippen LogP contribution is 2.35. The predicted molar refractivity (Wildman–Crippen MR) is 107 cm³/mol. The minimum absolute atomic E-state index is 0.0155. The maximum Gasteiger partial charge on any atom is 0.293 e. The van der Waals surface area contributed by atoms with Crippen LogP contribution in [0.4, 0.5) is 4.79 Å². The van der Waals surface area contributed by atoms with Crippen LogP contribution in [0.1, 0.15) is 18.1 Å². The first-order chi connectivity index (χ1) is 12.9. The van der Waals surface area contributed by atoms with E-state index in [1.165, 1.54) is 6.07 Å². The molecule has 5 nitrogen and oxygen atoms in total. The molecule has 27 heavy (non-hydrogen) atoms. The Labute approximate surface area is 170 Å². The van der Waals surface area contributed by atoms with Crippen LogP contribution >= 0.6 is 35.0 Å². The first-order valence-electron chi connectivity index (χ1n) is 8.04. The fourth-order valence-electron chi connectivity index (χ4n) is 2.50. The third-order valence-electron chi connectivity index (χ3n) is 3.78. The fraction of sp³-hybridized carbons (Fsp3) is 0.158. The lowest BCUT2D eigenvalue weighted by atomic mass is 10.1. The van der Waals surface area contributed by atoms with Gasteiger partial charge in [-0.15, -0.1) is 0 Å². The third kappa shape index (κ3) is 4.40. The Morgan fingerprint density at radius 1 is 1.15 bits per heavy atom. The highest BCUT2D eigenvalue weighted by Gasteiger charge is 2.35. The van der Waals surface area contributed by atoms with Crippen LogP contribution in [0.15, 0.2) is 41.3 Å². The minimum Gasteiger partial charge on any atom is -0.504 e. The Bertz CT molecular complexity index is 945. The van der Waals surface area contributed by atoms with Gasteiger partial charge >= 0.3 is 0 Å². The SMILES string of the molecule is CCOc1cc(C=C2SC(=O)N(Cc3ccc(Cl)c(Cl)c3)C2=O)ccc1O. The molecule has 1 N–H and O–H groups in total. The summed E-state index contributed by atoms with van der Waals surface area (Å²) in [5.41, 5.74) is 1.35. The van der Waals surface area contributed by atoms with Gasteiger partial charge in [-0.1, -0.05) is 35.3 Å². The number of ether oxygens (including phenoxy) is 1. The first-order valence-corrected chi connectivity index (χ1v) is 9.61. The molecular weight excluding hydrogens is 409 g/mol. The number of aromatic hydroxyl groups is 1. The van der Waals surface area contributed by atoms with E-state index in [0.29, 0.717) is 38.4 Å². The van der Waals surface area contributed by atoms with E-state index in [4.69, 9.17) is 27.9 Å². The predicted octanol–water partition coefficient (Wildman–Crippen LogP) is 5.33. The average molecular weight is 424 g/mol. The number of hydrogen-bond donors (Lipinski definition) is 1. The number of halogens is 2. The summed E-state index contributed by atoms with van der Waals surface area (Å²) >= 11 is 12.7. The molecule has 0 radical (unpaired) electrons. The van der Waals surface area contributed by atoms with E-state index in [2.05, 4.69) is 0 Å². The van der Waals surface area contributed by atoms with Crippen LogP contribution in [0.2, 0.25) is 10.0 Å². The number of thioether (sulfide) groups is 1. The van der Waals surface area contributed by atoms with Crippen LogP contribution in [0, 0.1) is 0 Å². The van der Waals surface area contributed by atoms with Crippen LogP contribution in [-0.2, 0) is 11.3 Å². The van der Waals surface area contributed by atoms with Crippen molar-refractivity contribution in [1.82, 2.24) is 4.90 Å². The largest absolute Gasteiger partial charge is 0.504 e. The second kappa shape index (κ2) is 8.25. The summed E-state index contributed by atoms with van der Waals surface area (Å²) in [6, 6.07) is 9.72. The van der Waals surface area contributed by atoms with Crippen molar-refractivity contribution in [2.45, 2.75) is 13.5 Å². The molecule has 1 aliphatic heterocycles. The number of rotatable bonds is 5. The number of amides is 2. The lowest BCUT2D eigenvalue weighted by Gasteiger charge is -2.13. The van der Waals surface area contributed by atoms with Crippen molar-refractivity contribution in [2.24, 2.45) is 0 Å². The molecule has 0 saturated carbocycles. The van der Waals surface area contributed by atoms with Crippen LogP contribution < -0.4 is 4.74 Å². The smallest absolute Gasteiger partial charge is 0.293 e. The van der Waals surface area contributed by atoms with Gasteiger partial charge in [-0.3, -0.25) is 14.5 Å². The summed E-state index contributed by atoms with van der Waals surface area (Å²) in [5.74, 6) is -0.0508. The second-order valence-corrected chi connectivity index (χ2v) is 7.48. The number of hydrogen-bond acceptors (Lipinski definition) is 5. The van der Waals surface area contributed by atoms with Crippen molar-refractivity contribution in [2.75, 3.05) is 6.61 Å². The van der Waals surface area contributed by atoms with Gasteiger partial charge in [0.15, 0.2) is 11.5 Å². The van der Waals surface area contributed by atoms with Crippen LogP contribution in [0.5, 0.6) is 11.5 Å². The molecule has 0 bridgehead atoms. The number of carbonyl (C=O) groups is 2. The van der Waals surface area contributed by atoms with Crippen molar-refractivity contribution in [3.63, 3.8) is 0 Å². The zero-order chi connectivity index (χ0) is 19.6. The van der Waals surface area contributed by atoms with Crippen molar-refractivity contribution in [3.8, 4) is 11.5 Å². The Kier molecular flexibility index (Phi) is 5.99. The molecule has 3 rings (SSSR count). The monoisotopic (exact) mass is 423 g/mol. The van der Waals surface area contributed by atoms with Gasteiger partial charge in [0.1, 0.15) is 0 Å². The molecule has 140 valence electrons. The topological polar surface area (TPSA) is 66.8 Å². The van der Waals surface area contributed by atoms with Crippen molar-refractivity contribution in [3.05, 3.63) is 62.5 Å². The van der Waals surface area contributed by atoms with Gasteiger partial charge in [0.05, 0.1) is 28.1 Å². The van der Waals surface area contributed by atoms with Crippen molar-refractivity contribution in [1.29, 1.82) is 0 Å². The number of phenolic OH excluding ortho intramolecular Hbond substituents is 1. The van der Waals surface area contributed by atoms with Gasteiger partial charge in [-0.05, 0) is 60.2 Å². The zero-order valence-electron chi connectivity index (χ0n) is 14.2. The number of imide groups is 1. The number of nitrogens with zero attached hydrogens (tertiary/aromatic N) is 1. The van der Waals surface area contributed by atoms with E-state index >= 15 is 0 Å². The minimum atomic E-state index is -0.387. The molecule has 1 saturated heterocycles. The molecule has 0 spiro atoms. The molecule has 8 heteroatoms. The van der Waals surface area contributed by atoms with Gasteiger partial charge in [0.25, 0.3) is 11.1 Å². The summed E-state index contributed by atoms with van der Waals surface area (Å²) in [4.78, 5) is 26.4. The molecule has 0 aliphatic carbocycles. The summed E-state index contributed by atoms with van der Waals surface area (Å²) < 4.78 is 5.34. The molecule has 1 aliphatic rings. The van der Waals surface area contributed by atoms with Gasteiger partial charge in [-0.2, -0.15) is 0 Å².